The van der Waals surface area contributed by atoms with Gasteiger partial charge in [0.25, 0.3) is 5.91 Å². The first-order valence-electron chi connectivity index (χ1n) is 10.4. The van der Waals surface area contributed by atoms with Crippen molar-refractivity contribution in [3.8, 4) is 40.0 Å². The van der Waals surface area contributed by atoms with E-state index in [1.54, 1.807) is 15.8 Å². The van der Waals surface area contributed by atoms with E-state index in [0.717, 1.165) is 28.0 Å². The van der Waals surface area contributed by atoms with E-state index in [0.29, 0.717) is 30.2 Å². The van der Waals surface area contributed by atoms with Crippen LogP contribution in [0, 0.1) is 17.2 Å². The molecule has 1 saturated heterocycles. The Morgan fingerprint density at radius 3 is 2.42 bits per heavy atom. The lowest BCUT2D eigenvalue weighted by Gasteiger charge is -2.35. The molecule has 0 bridgehead atoms. The van der Waals surface area contributed by atoms with E-state index >= 15 is 0 Å². The van der Waals surface area contributed by atoms with Gasteiger partial charge in [-0.1, -0.05) is 0 Å². The summed E-state index contributed by atoms with van der Waals surface area (Å²) in [5.74, 6) is 0.495. The number of rotatable bonds is 5. The van der Waals surface area contributed by atoms with Crippen LogP contribution in [0.1, 0.15) is 10.4 Å². The number of ether oxygens (including phenoxy) is 2. The minimum atomic E-state index is -0.207. The monoisotopic (exact) mass is 442 g/mol. The van der Waals surface area contributed by atoms with Gasteiger partial charge in [-0.25, -0.2) is 4.98 Å². The van der Waals surface area contributed by atoms with Crippen LogP contribution in [-0.4, -0.2) is 57.3 Å². The molecule has 0 saturated carbocycles. The second-order valence-corrected chi connectivity index (χ2v) is 7.98. The van der Waals surface area contributed by atoms with Crippen LogP contribution >= 0.6 is 0 Å². The molecular weight excluding hydrogens is 420 g/mol. The summed E-state index contributed by atoms with van der Waals surface area (Å²) in [5, 5.41) is 13.3. The topological polar surface area (TPSA) is 97.7 Å². The molecule has 1 fully saturated rings. The molecule has 0 spiro atoms. The average Bonchev–Trinajstić information content (AvgIpc) is 3.43. The fourth-order valence-electron chi connectivity index (χ4n) is 4.10. The summed E-state index contributed by atoms with van der Waals surface area (Å²) in [5.41, 5.74) is 4.82. The first kappa shape index (κ1) is 20.6. The molecule has 0 atom stereocenters. The number of methoxy groups -OCH3 is 2. The molecule has 4 heterocycles. The van der Waals surface area contributed by atoms with Crippen molar-refractivity contribution in [2.24, 2.45) is 13.0 Å². The van der Waals surface area contributed by atoms with Gasteiger partial charge in [0, 0.05) is 43.7 Å². The molecule has 9 heteroatoms. The molecule has 33 heavy (non-hydrogen) atoms. The molecule has 5 rings (SSSR count). The highest BCUT2D eigenvalue weighted by Gasteiger charge is 2.34. The van der Waals surface area contributed by atoms with Crippen molar-refractivity contribution >= 4 is 11.6 Å². The molecule has 1 aliphatic heterocycles. The van der Waals surface area contributed by atoms with Crippen LogP contribution in [0.15, 0.2) is 49.1 Å². The highest BCUT2D eigenvalue weighted by molar-refractivity contribution is 6.01. The van der Waals surface area contributed by atoms with Crippen LogP contribution in [0.5, 0.6) is 11.5 Å². The van der Waals surface area contributed by atoms with Crippen LogP contribution in [0.2, 0.25) is 0 Å². The molecule has 4 aromatic rings. The van der Waals surface area contributed by atoms with Gasteiger partial charge in [-0.2, -0.15) is 10.4 Å². The molecule has 1 aliphatic rings. The van der Waals surface area contributed by atoms with Crippen LogP contribution in [-0.2, 0) is 7.05 Å². The van der Waals surface area contributed by atoms with Crippen LogP contribution in [0.25, 0.3) is 28.0 Å². The van der Waals surface area contributed by atoms with E-state index < -0.39 is 0 Å². The summed E-state index contributed by atoms with van der Waals surface area (Å²) in [6.45, 7) is 0.825. The summed E-state index contributed by atoms with van der Waals surface area (Å²) in [4.78, 5) is 19.3. The molecule has 1 aromatic carbocycles. The number of benzene rings is 1. The molecule has 3 aromatic heterocycles. The standard InChI is InChI=1S/C24H22N6O3/c1-28-14-18(10-27-28)16-4-5-30-19(11-26-22(30)8-16)17-6-20(32-2)23(21(7-17)33-3)24(31)29-12-15(9-25)13-29/h4-8,10-11,14-15H,12-13H2,1-3H3. The SMILES string of the molecule is COc1cc(-c2cnc3cc(-c4cnn(C)c4)ccn23)cc(OC)c1C(=O)N1CC(C#N)C1. The number of nitriles is 1. The number of carbonyl (C=O) groups is 1. The Bertz CT molecular complexity index is 1380. The Hall–Kier alpha value is -4.32. The van der Waals surface area contributed by atoms with E-state index in [4.69, 9.17) is 14.7 Å². The third kappa shape index (κ3) is 3.46. The first-order chi connectivity index (χ1) is 16.0. The minimum absolute atomic E-state index is 0.125. The van der Waals surface area contributed by atoms with Crippen LogP contribution in [0.3, 0.4) is 0 Å². The predicted octanol–water partition coefficient (Wildman–Crippen LogP) is 3.01. The Morgan fingerprint density at radius 2 is 1.82 bits per heavy atom. The Morgan fingerprint density at radius 1 is 1.09 bits per heavy atom. The van der Waals surface area contributed by atoms with Gasteiger partial charge in [0.2, 0.25) is 0 Å². The summed E-state index contributed by atoms with van der Waals surface area (Å²) < 4.78 is 14.9. The highest BCUT2D eigenvalue weighted by atomic mass is 16.5. The number of imidazole rings is 1. The number of pyridine rings is 1. The molecule has 0 unspecified atom stereocenters. The largest absolute Gasteiger partial charge is 0.496 e. The fourth-order valence-corrected chi connectivity index (χ4v) is 4.10. The van der Waals surface area contributed by atoms with Crippen molar-refractivity contribution in [3.05, 3.63) is 54.6 Å². The van der Waals surface area contributed by atoms with Gasteiger partial charge in [-0.05, 0) is 29.8 Å². The van der Waals surface area contributed by atoms with Gasteiger partial charge < -0.3 is 14.4 Å². The van der Waals surface area contributed by atoms with Crippen molar-refractivity contribution in [2.75, 3.05) is 27.3 Å². The maximum absolute atomic E-state index is 13.1. The lowest BCUT2D eigenvalue weighted by Crippen LogP contribution is -2.49. The van der Waals surface area contributed by atoms with E-state index in [-0.39, 0.29) is 11.8 Å². The van der Waals surface area contributed by atoms with Gasteiger partial charge in [-0.3, -0.25) is 13.9 Å². The zero-order valence-corrected chi connectivity index (χ0v) is 18.5. The van der Waals surface area contributed by atoms with Crippen molar-refractivity contribution < 1.29 is 14.3 Å². The number of fused-ring (bicyclic) bond motifs is 1. The van der Waals surface area contributed by atoms with Crippen molar-refractivity contribution in [2.45, 2.75) is 0 Å². The predicted molar refractivity (Wildman–Crippen MR) is 121 cm³/mol. The summed E-state index contributed by atoms with van der Waals surface area (Å²) in [7, 11) is 4.94. The molecule has 166 valence electrons. The second kappa shape index (κ2) is 7.98. The quantitative estimate of drug-likeness (QED) is 0.471. The molecule has 0 aliphatic carbocycles. The zero-order chi connectivity index (χ0) is 23.1. The van der Waals surface area contributed by atoms with E-state index in [2.05, 4.69) is 16.2 Å². The van der Waals surface area contributed by atoms with E-state index in [1.165, 1.54) is 14.2 Å². The van der Waals surface area contributed by atoms with E-state index in [9.17, 15) is 4.79 Å². The maximum Gasteiger partial charge on any atom is 0.261 e. The summed E-state index contributed by atoms with van der Waals surface area (Å²) in [6.07, 6.45) is 7.52. The summed E-state index contributed by atoms with van der Waals surface area (Å²) in [6, 6.07) is 9.83. The number of likely N-dealkylation sites (tertiary alicyclic amines) is 1. The van der Waals surface area contributed by atoms with Gasteiger partial charge in [-0.15, -0.1) is 0 Å². The maximum atomic E-state index is 13.1. The van der Waals surface area contributed by atoms with Gasteiger partial charge in [0.15, 0.2) is 0 Å². The Kier molecular flexibility index (Phi) is 4.98. The highest BCUT2D eigenvalue weighted by Crippen LogP contribution is 2.37. The Balaban J connectivity index is 1.54. The fraction of sp³-hybridized carbons (Fsp3) is 0.250. The smallest absolute Gasteiger partial charge is 0.261 e. The number of nitrogens with zero attached hydrogens (tertiary/aromatic N) is 6. The number of carbonyl (C=O) groups excluding carboxylic acids is 1. The van der Waals surface area contributed by atoms with Gasteiger partial charge in [0.05, 0.1) is 44.3 Å². The van der Waals surface area contributed by atoms with Crippen molar-refractivity contribution in [1.82, 2.24) is 24.1 Å². The molecule has 1 amide bonds. The third-order valence-electron chi connectivity index (χ3n) is 5.92. The number of aromatic nitrogens is 4. The molecule has 0 radical (unpaired) electrons. The van der Waals surface area contributed by atoms with E-state index in [1.807, 2.05) is 54.3 Å². The van der Waals surface area contributed by atoms with Crippen molar-refractivity contribution in [1.29, 1.82) is 5.26 Å². The second-order valence-electron chi connectivity index (χ2n) is 7.98. The zero-order valence-electron chi connectivity index (χ0n) is 18.5. The number of hydrogen-bond acceptors (Lipinski definition) is 6. The first-order valence-corrected chi connectivity index (χ1v) is 10.4. The number of amides is 1. The van der Waals surface area contributed by atoms with Crippen LogP contribution in [0.4, 0.5) is 0 Å². The van der Waals surface area contributed by atoms with Crippen molar-refractivity contribution in [3.63, 3.8) is 0 Å². The molecule has 0 N–H and O–H groups in total. The molecule has 9 nitrogen and oxygen atoms in total. The summed E-state index contributed by atoms with van der Waals surface area (Å²) >= 11 is 0. The lowest BCUT2D eigenvalue weighted by molar-refractivity contribution is 0.0570. The minimum Gasteiger partial charge on any atom is -0.496 e. The van der Waals surface area contributed by atoms with Gasteiger partial charge >= 0.3 is 0 Å². The lowest BCUT2D eigenvalue weighted by atomic mass is 9.99. The third-order valence-corrected chi connectivity index (χ3v) is 5.92. The normalized spacial score (nSPS) is 13.6. The molecular formula is C24H22N6O3. The number of hydrogen-bond donors (Lipinski definition) is 0. The Labute approximate surface area is 190 Å². The van der Waals surface area contributed by atoms with Gasteiger partial charge in [0.1, 0.15) is 22.7 Å². The number of aryl methyl sites for hydroxylation is 1. The van der Waals surface area contributed by atoms with Crippen LogP contribution < -0.4 is 9.47 Å². The average molecular weight is 442 g/mol.